The maximum atomic E-state index is 13.7. The fraction of sp³-hybridized carbons (Fsp3) is 0.727. The third-order valence-corrected chi connectivity index (χ3v) is 7.74. The van der Waals surface area contributed by atoms with Crippen LogP contribution in [0.25, 0.3) is 0 Å². The van der Waals surface area contributed by atoms with Gasteiger partial charge in [-0.2, -0.15) is 0 Å². The standard InChI is InChI=1S/C22H28O10/c1-29-17(25)11-15(23)12(18(26)30-2)22-10-8-6-5-7-9-21(11,22)13(19(27)31-3)16(24)14(22)20(28)32-4/h11-14H,5-10H2,1-4H3. The summed E-state index contributed by atoms with van der Waals surface area (Å²) in [6.45, 7) is 0. The van der Waals surface area contributed by atoms with Gasteiger partial charge in [-0.15, -0.1) is 0 Å². The molecule has 0 heterocycles. The van der Waals surface area contributed by atoms with Crippen molar-refractivity contribution in [3.8, 4) is 0 Å². The van der Waals surface area contributed by atoms with Crippen molar-refractivity contribution in [3.63, 3.8) is 0 Å². The number of esters is 4. The van der Waals surface area contributed by atoms with Gasteiger partial charge in [-0.1, -0.05) is 25.7 Å². The lowest BCUT2D eigenvalue weighted by molar-refractivity contribution is -0.171. The molecule has 4 atom stereocenters. The number of hydrogen-bond acceptors (Lipinski definition) is 10. The molecule has 0 aromatic rings. The summed E-state index contributed by atoms with van der Waals surface area (Å²) in [5.41, 5.74) is -3.33. The molecule has 3 rings (SSSR count). The van der Waals surface area contributed by atoms with Crippen molar-refractivity contribution in [2.24, 2.45) is 34.5 Å². The van der Waals surface area contributed by atoms with E-state index in [1.54, 1.807) is 0 Å². The lowest BCUT2D eigenvalue weighted by Crippen LogP contribution is -2.52. The van der Waals surface area contributed by atoms with Crippen molar-refractivity contribution in [2.45, 2.75) is 38.5 Å². The zero-order chi connectivity index (χ0) is 23.8. The normalized spacial score (nSPS) is 36.2. The van der Waals surface area contributed by atoms with Crippen LogP contribution in [0.3, 0.4) is 0 Å². The molecule has 32 heavy (non-hydrogen) atoms. The average molecular weight is 452 g/mol. The van der Waals surface area contributed by atoms with Crippen molar-refractivity contribution in [1.29, 1.82) is 0 Å². The number of ether oxygens (including phenoxy) is 4. The molecule has 3 fully saturated rings. The number of Topliss-reactive ketones (excluding diaryl/α,β-unsaturated/α-hetero) is 2. The van der Waals surface area contributed by atoms with E-state index in [2.05, 4.69) is 0 Å². The van der Waals surface area contributed by atoms with Crippen LogP contribution in [-0.4, -0.2) is 63.9 Å². The van der Waals surface area contributed by atoms with Crippen LogP contribution in [0.15, 0.2) is 0 Å². The molecule has 0 aromatic carbocycles. The molecule has 3 aliphatic carbocycles. The van der Waals surface area contributed by atoms with Gasteiger partial charge in [0.25, 0.3) is 0 Å². The molecule has 10 heteroatoms. The first-order chi connectivity index (χ1) is 15.2. The Morgan fingerprint density at radius 1 is 0.562 bits per heavy atom. The molecule has 4 unspecified atom stereocenters. The maximum Gasteiger partial charge on any atom is 0.316 e. The van der Waals surface area contributed by atoms with Gasteiger partial charge in [-0.25, -0.2) is 0 Å². The van der Waals surface area contributed by atoms with Crippen molar-refractivity contribution in [1.82, 2.24) is 0 Å². The zero-order valence-corrected chi connectivity index (χ0v) is 18.6. The molecule has 0 saturated heterocycles. The Kier molecular flexibility index (Phi) is 6.44. The topological polar surface area (TPSA) is 139 Å². The van der Waals surface area contributed by atoms with Crippen molar-refractivity contribution >= 4 is 35.4 Å². The summed E-state index contributed by atoms with van der Waals surface area (Å²) in [5.74, 6) is -11.8. The van der Waals surface area contributed by atoms with Gasteiger partial charge >= 0.3 is 23.9 Å². The Balaban J connectivity index is 2.48. The molecule has 0 aliphatic heterocycles. The predicted molar refractivity (Wildman–Crippen MR) is 105 cm³/mol. The van der Waals surface area contributed by atoms with Crippen molar-refractivity contribution in [3.05, 3.63) is 0 Å². The van der Waals surface area contributed by atoms with Crippen molar-refractivity contribution < 1.29 is 47.7 Å². The predicted octanol–water partition coefficient (Wildman–Crippen LogP) is 0.636. The van der Waals surface area contributed by atoms with Gasteiger partial charge in [0.05, 0.1) is 28.4 Å². The summed E-state index contributed by atoms with van der Waals surface area (Å²) in [6, 6.07) is 0. The van der Waals surface area contributed by atoms with E-state index < -0.39 is 69.9 Å². The lowest BCUT2D eigenvalue weighted by Gasteiger charge is -2.48. The molecule has 176 valence electrons. The van der Waals surface area contributed by atoms with Crippen LogP contribution in [0.5, 0.6) is 0 Å². The Labute approximate surface area is 185 Å². The quantitative estimate of drug-likeness (QED) is 0.339. The Morgan fingerprint density at radius 3 is 1.03 bits per heavy atom. The second-order valence-electron chi connectivity index (χ2n) is 8.62. The minimum Gasteiger partial charge on any atom is -0.468 e. The van der Waals surface area contributed by atoms with Gasteiger partial charge in [0.1, 0.15) is 23.7 Å². The van der Waals surface area contributed by atoms with E-state index in [-0.39, 0.29) is 12.8 Å². The molecule has 0 radical (unpaired) electrons. The van der Waals surface area contributed by atoms with E-state index in [4.69, 9.17) is 18.9 Å². The van der Waals surface area contributed by atoms with Crippen LogP contribution in [-0.2, 0) is 47.7 Å². The monoisotopic (exact) mass is 452 g/mol. The second-order valence-corrected chi connectivity index (χ2v) is 8.62. The van der Waals surface area contributed by atoms with Gasteiger partial charge < -0.3 is 18.9 Å². The molecule has 0 bridgehead atoms. The van der Waals surface area contributed by atoms with E-state index in [1.165, 1.54) is 0 Å². The smallest absolute Gasteiger partial charge is 0.316 e. The molecular formula is C22H28O10. The van der Waals surface area contributed by atoms with Crippen LogP contribution >= 0.6 is 0 Å². The molecular weight excluding hydrogens is 424 g/mol. The summed E-state index contributed by atoms with van der Waals surface area (Å²) in [6.07, 6.45) is 2.59. The molecule has 0 aromatic heterocycles. The summed E-state index contributed by atoms with van der Waals surface area (Å²) >= 11 is 0. The summed E-state index contributed by atoms with van der Waals surface area (Å²) in [5, 5.41) is 0. The third kappa shape index (κ3) is 2.84. The van der Waals surface area contributed by atoms with E-state index in [9.17, 15) is 28.8 Å². The van der Waals surface area contributed by atoms with E-state index >= 15 is 0 Å². The minimum atomic E-state index is -1.67. The molecule has 0 amide bonds. The highest BCUT2D eigenvalue weighted by atomic mass is 16.5. The highest BCUT2D eigenvalue weighted by molar-refractivity contribution is 6.20. The van der Waals surface area contributed by atoms with Gasteiger partial charge in [0.15, 0.2) is 11.6 Å². The maximum absolute atomic E-state index is 13.7. The van der Waals surface area contributed by atoms with E-state index in [1.807, 2.05) is 0 Å². The average Bonchev–Trinajstić information content (AvgIpc) is 3.09. The first-order valence-corrected chi connectivity index (χ1v) is 10.6. The van der Waals surface area contributed by atoms with E-state index in [0.29, 0.717) is 12.8 Å². The Morgan fingerprint density at radius 2 is 0.812 bits per heavy atom. The zero-order valence-electron chi connectivity index (χ0n) is 18.6. The van der Waals surface area contributed by atoms with Gasteiger partial charge in [-0.3, -0.25) is 28.8 Å². The number of ketones is 2. The molecule has 10 nitrogen and oxygen atoms in total. The molecule has 3 aliphatic rings. The lowest BCUT2D eigenvalue weighted by atomic mass is 9.52. The number of methoxy groups -OCH3 is 4. The first-order valence-electron chi connectivity index (χ1n) is 10.6. The van der Waals surface area contributed by atoms with Gasteiger partial charge in [-0.05, 0) is 12.8 Å². The number of carbonyl (C=O) groups excluding carboxylic acids is 6. The number of rotatable bonds is 4. The number of carbonyl (C=O) groups is 6. The van der Waals surface area contributed by atoms with Crippen LogP contribution < -0.4 is 0 Å². The summed E-state index contributed by atoms with van der Waals surface area (Å²) < 4.78 is 19.7. The molecule has 0 spiro atoms. The first kappa shape index (κ1) is 23.9. The van der Waals surface area contributed by atoms with Crippen LogP contribution in [0, 0.1) is 34.5 Å². The highest BCUT2D eigenvalue weighted by Crippen LogP contribution is 2.74. The van der Waals surface area contributed by atoms with Gasteiger partial charge in [0.2, 0.25) is 0 Å². The molecule has 3 saturated carbocycles. The fourth-order valence-corrected chi connectivity index (χ4v) is 6.77. The van der Waals surface area contributed by atoms with Crippen LogP contribution in [0.2, 0.25) is 0 Å². The van der Waals surface area contributed by atoms with Crippen LogP contribution in [0.1, 0.15) is 38.5 Å². The summed E-state index contributed by atoms with van der Waals surface area (Å²) in [7, 11) is 4.35. The Bertz CT molecular complexity index is 737. The Hall–Kier alpha value is -2.78. The second kappa shape index (κ2) is 8.63. The van der Waals surface area contributed by atoms with Crippen LogP contribution in [0.4, 0.5) is 0 Å². The summed E-state index contributed by atoms with van der Waals surface area (Å²) in [4.78, 5) is 79.4. The highest BCUT2D eigenvalue weighted by Gasteiger charge is 2.85. The fourth-order valence-electron chi connectivity index (χ4n) is 6.77. The van der Waals surface area contributed by atoms with E-state index in [0.717, 1.165) is 41.3 Å². The SMILES string of the molecule is COC(=O)C1C(=O)C(C(=O)OC)C23CCCCCCC12C(C(=O)OC)C(=O)C3C(=O)OC. The van der Waals surface area contributed by atoms with Gasteiger partial charge in [0, 0.05) is 10.8 Å². The minimum absolute atomic E-state index is 0.0883. The molecule has 0 N–H and O–H groups in total. The van der Waals surface area contributed by atoms with Crippen molar-refractivity contribution in [2.75, 3.05) is 28.4 Å². The third-order valence-electron chi connectivity index (χ3n) is 7.74. The largest absolute Gasteiger partial charge is 0.468 e. The number of hydrogen-bond donors (Lipinski definition) is 0.